The van der Waals surface area contributed by atoms with Crippen molar-refractivity contribution in [1.29, 1.82) is 0 Å². The third-order valence-corrected chi connectivity index (χ3v) is 4.26. The molecule has 1 amide bonds. The van der Waals surface area contributed by atoms with Crippen molar-refractivity contribution < 1.29 is 23.1 Å². The van der Waals surface area contributed by atoms with Gasteiger partial charge in [-0.15, -0.1) is 0 Å². The van der Waals surface area contributed by atoms with Gasteiger partial charge in [-0.3, -0.25) is 4.79 Å². The highest BCUT2D eigenvalue weighted by Gasteiger charge is 2.59. The van der Waals surface area contributed by atoms with Gasteiger partial charge < -0.3 is 14.6 Å². The molecule has 0 fully saturated rings. The molecule has 1 aliphatic rings. The van der Waals surface area contributed by atoms with Crippen LogP contribution in [0.15, 0.2) is 36.7 Å². The van der Waals surface area contributed by atoms with E-state index in [9.17, 15) is 23.1 Å². The Labute approximate surface area is 136 Å². The zero-order valence-corrected chi connectivity index (χ0v) is 12.9. The Morgan fingerprint density at radius 1 is 1.33 bits per heavy atom. The maximum absolute atomic E-state index is 13.5. The summed E-state index contributed by atoms with van der Waals surface area (Å²) in [5.74, 6) is -1.39. The Morgan fingerprint density at radius 3 is 2.67 bits per heavy atom. The number of hydrogen-bond donors (Lipinski definition) is 1. The summed E-state index contributed by atoms with van der Waals surface area (Å²) in [7, 11) is 1.34. The third-order valence-electron chi connectivity index (χ3n) is 4.26. The summed E-state index contributed by atoms with van der Waals surface area (Å²) in [6.45, 7) is 0.298. The minimum Gasteiger partial charge on any atom is -0.374 e. The number of para-hydroxylation sites is 1. The van der Waals surface area contributed by atoms with Crippen LogP contribution in [0.3, 0.4) is 0 Å². The molecule has 0 radical (unpaired) electrons. The fourth-order valence-corrected chi connectivity index (χ4v) is 2.98. The molecule has 0 aliphatic carbocycles. The lowest BCUT2D eigenvalue weighted by Crippen LogP contribution is -2.48. The number of hydrogen-bond acceptors (Lipinski definition) is 3. The van der Waals surface area contributed by atoms with Crippen LogP contribution in [0, 0.1) is 0 Å². The van der Waals surface area contributed by atoms with E-state index in [1.807, 2.05) is 12.1 Å². The first-order valence-corrected chi connectivity index (χ1v) is 7.39. The van der Waals surface area contributed by atoms with Crippen LogP contribution in [-0.2, 0) is 23.9 Å². The van der Waals surface area contributed by atoms with Crippen LogP contribution in [0.4, 0.5) is 18.9 Å². The summed E-state index contributed by atoms with van der Waals surface area (Å²) in [6.07, 6.45) is -3.12. The lowest BCUT2D eigenvalue weighted by molar-refractivity contribution is -0.270. The fourth-order valence-electron chi connectivity index (χ4n) is 2.98. The van der Waals surface area contributed by atoms with Crippen molar-refractivity contribution in [3.05, 3.63) is 48.0 Å². The molecule has 1 aliphatic heterocycles. The largest absolute Gasteiger partial charge is 0.425 e. The number of amides is 1. The van der Waals surface area contributed by atoms with Crippen molar-refractivity contribution in [3.8, 4) is 0 Å². The normalized spacial score (nSPS) is 16.8. The molecule has 0 saturated heterocycles. The number of carbonyl (C=O) groups is 1. The number of aromatic nitrogens is 2. The number of imidazole rings is 1. The van der Waals surface area contributed by atoms with Gasteiger partial charge in [-0.2, -0.15) is 13.2 Å². The van der Waals surface area contributed by atoms with E-state index in [0.717, 1.165) is 16.3 Å². The molecule has 1 N–H and O–H groups in total. The number of alkyl halides is 3. The lowest BCUT2D eigenvalue weighted by atomic mass is 9.96. The van der Waals surface area contributed by atoms with E-state index in [1.165, 1.54) is 18.1 Å². The van der Waals surface area contributed by atoms with Crippen molar-refractivity contribution in [3.63, 3.8) is 0 Å². The highest BCUT2D eigenvalue weighted by Crippen LogP contribution is 2.42. The number of halogens is 3. The van der Waals surface area contributed by atoms with Gasteiger partial charge in [-0.25, -0.2) is 4.98 Å². The SMILES string of the molecule is Cn1ccnc1C(O)(CC(=O)N1CCc2ccccc21)C(F)(F)F. The first kappa shape index (κ1) is 16.5. The molecule has 128 valence electrons. The van der Waals surface area contributed by atoms with Gasteiger partial charge in [0.15, 0.2) is 5.82 Å². The second-order valence-corrected chi connectivity index (χ2v) is 5.82. The molecule has 1 aromatic carbocycles. The van der Waals surface area contributed by atoms with Gasteiger partial charge in [-0.05, 0) is 18.1 Å². The summed E-state index contributed by atoms with van der Waals surface area (Å²) >= 11 is 0. The average Bonchev–Trinajstić information content (AvgIpc) is 3.12. The molecule has 2 aromatic rings. The zero-order chi connectivity index (χ0) is 17.5. The smallest absolute Gasteiger partial charge is 0.374 e. The number of fused-ring (bicyclic) bond motifs is 1. The summed E-state index contributed by atoms with van der Waals surface area (Å²) in [6, 6.07) is 7.05. The van der Waals surface area contributed by atoms with Gasteiger partial charge in [0.1, 0.15) is 0 Å². The van der Waals surface area contributed by atoms with Crippen LogP contribution in [0.5, 0.6) is 0 Å². The van der Waals surface area contributed by atoms with Gasteiger partial charge in [0.2, 0.25) is 11.5 Å². The van der Waals surface area contributed by atoms with E-state index in [0.29, 0.717) is 18.7 Å². The summed E-state index contributed by atoms with van der Waals surface area (Å²) in [5.41, 5.74) is -1.84. The second kappa shape index (κ2) is 5.62. The molecule has 1 unspecified atom stereocenters. The fraction of sp³-hybridized carbons (Fsp3) is 0.375. The number of rotatable bonds is 3. The van der Waals surface area contributed by atoms with Gasteiger partial charge in [-0.1, -0.05) is 18.2 Å². The quantitative estimate of drug-likeness (QED) is 0.932. The molecule has 0 bridgehead atoms. The predicted molar refractivity (Wildman–Crippen MR) is 80.3 cm³/mol. The van der Waals surface area contributed by atoms with Crippen molar-refractivity contribution in [2.24, 2.45) is 7.05 Å². The molecule has 2 heterocycles. The van der Waals surface area contributed by atoms with Crippen LogP contribution < -0.4 is 4.90 Å². The van der Waals surface area contributed by atoms with Crippen molar-refractivity contribution >= 4 is 11.6 Å². The van der Waals surface area contributed by atoms with Crippen LogP contribution in [-0.4, -0.2) is 33.3 Å². The van der Waals surface area contributed by atoms with Gasteiger partial charge in [0.25, 0.3) is 0 Å². The third kappa shape index (κ3) is 2.56. The summed E-state index contributed by atoms with van der Waals surface area (Å²) in [5, 5.41) is 10.3. The number of aryl methyl sites for hydroxylation is 1. The minimum atomic E-state index is -5.03. The monoisotopic (exact) mass is 339 g/mol. The maximum Gasteiger partial charge on any atom is 0.425 e. The summed E-state index contributed by atoms with van der Waals surface area (Å²) < 4.78 is 41.6. The topological polar surface area (TPSA) is 58.4 Å². The lowest BCUT2D eigenvalue weighted by Gasteiger charge is -2.31. The minimum absolute atomic E-state index is 0.298. The first-order valence-electron chi connectivity index (χ1n) is 7.39. The highest BCUT2D eigenvalue weighted by atomic mass is 19.4. The number of anilines is 1. The highest BCUT2D eigenvalue weighted by molar-refractivity contribution is 5.96. The first-order chi connectivity index (χ1) is 11.2. The molecule has 1 atom stereocenters. The average molecular weight is 339 g/mol. The molecule has 8 heteroatoms. The van der Waals surface area contributed by atoms with Crippen LogP contribution in [0.25, 0.3) is 0 Å². The van der Waals surface area contributed by atoms with E-state index >= 15 is 0 Å². The Bertz CT molecular complexity index is 772. The van der Waals surface area contributed by atoms with Crippen molar-refractivity contribution in [2.75, 3.05) is 11.4 Å². The van der Waals surface area contributed by atoms with E-state index in [-0.39, 0.29) is 0 Å². The van der Waals surface area contributed by atoms with Gasteiger partial charge in [0.05, 0.1) is 6.42 Å². The van der Waals surface area contributed by atoms with E-state index in [4.69, 9.17) is 0 Å². The predicted octanol–water partition coefficient (Wildman–Crippen LogP) is 2.15. The molecule has 5 nitrogen and oxygen atoms in total. The van der Waals surface area contributed by atoms with Gasteiger partial charge in [0, 0.05) is 31.7 Å². The van der Waals surface area contributed by atoms with E-state index < -0.39 is 29.9 Å². The number of aliphatic hydroxyl groups is 1. The standard InChI is InChI=1S/C16H16F3N3O2/c1-21-9-7-20-14(21)15(24,16(17,18)19)10-13(23)22-8-6-11-4-2-3-5-12(11)22/h2-5,7,9,24H,6,8,10H2,1H3. The zero-order valence-electron chi connectivity index (χ0n) is 12.9. The molecular formula is C16H16F3N3O2. The Balaban J connectivity index is 1.92. The number of nitrogens with zero attached hydrogens (tertiary/aromatic N) is 3. The van der Waals surface area contributed by atoms with E-state index in [1.54, 1.807) is 12.1 Å². The molecule has 1 aromatic heterocycles. The molecule has 0 saturated carbocycles. The Morgan fingerprint density at radius 2 is 2.04 bits per heavy atom. The molecule has 0 spiro atoms. The Kier molecular flexibility index (Phi) is 3.87. The van der Waals surface area contributed by atoms with Gasteiger partial charge >= 0.3 is 6.18 Å². The van der Waals surface area contributed by atoms with Crippen LogP contribution in [0.1, 0.15) is 17.8 Å². The van der Waals surface area contributed by atoms with Crippen molar-refractivity contribution in [2.45, 2.75) is 24.6 Å². The maximum atomic E-state index is 13.5. The van der Waals surface area contributed by atoms with Crippen molar-refractivity contribution in [1.82, 2.24) is 9.55 Å². The van der Waals surface area contributed by atoms with Crippen LogP contribution >= 0.6 is 0 Å². The number of carbonyl (C=O) groups excluding carboxylic acids is 1. The molecule has 3 rings (SSSR count). The second-order valence-electron chi connectivity index (χ2n) is 5.82. The van der Waals surface area contributed by atoms with E-state index in [2.05, 4.69) is 4.98 Å². The summed E-state index contributed by atoms with van der Waals surface area (Å²) in [4.78, 5) is 17.4. The molecular weight excluding hydrogens is 323 g/mol. The molecule has 24 heavy (non-hydrogen) atoms. The number of benzene rings is 1. The Hall–Kier alpha value is -2.35. The van der Waals surface area contributed by atoms with Crippen LogP contribution in [0.2, 0.25) is 0 Å².